The number of hydrogen-bond donors (Lipinski definition) is 2. The Morgan fingerprint density at radius 1 is 0.774 bits per heavy atom. The third-order valence-electron chi connectivity index (χ3n) is 4.88. The van der Waals surface area contributed by atoms with E-state index >= 15 is 0 Å². The van der Waals surface area contributed by atoms with E-state index in [1.165, 1.54) is 33.4 Å². The molecule has 0 amide bonds. The fourth-order valence-electron chi connectivity index (χ4n) is 3.41. The molecule has 0 radical (unpaired) electrons. The summed E-state index contributed by atoms with van der Waals surface area (Å²) in [6.45, 7) is -2.41. The fraction of sp³-hybridized carbons (Fsp3) is 0.870. The molecule has 0 bridgehead atoms. The Morgan fingerprint density at radius 3 is 1.58 bits per heavy atom. The van der Waals surface area contributed by atoms with E-state index in [9.17, 15) is 14.4 Å². The predicted octanol–water partition coefficient (Wildman–Crippen LogP) is 1.63. The van der Waals surface area contributed by atoms with Crippen LogP contribution in [0.1, 0.15) is 100 Å². The third kappa shape index (κ3) is 24.8. The Morgan fingerprint density at radius 2 is 1.19 bits per heavy atom. The lowest BCUT2D eigenvalue weighted by atomic mass is 10.0. The topological polar surface area (TPSA) is 101 Å². The first-order chi connectivity index (χ1) is 15.3. The van der Waals surface area contributed by atoms with Crippen molar-refractivity contribution in [1.29, 1.82) is 0 Å². The molecular formula is C23H44ClNO6. The van der Waals surface area contributed by atoms with Crippen molar-refractivity contribution in [2.24, 2.45) is 0 Å². The van der Waals surface area contributed by atoms with Gasteiger partial charge in [-0.1, -0.05) is 64.2 Å². The minimum Gasteiger partial charge on any atom is -1.00 e. The zero-order chi connectivity index (χ0) is 25.3. The van der Waals surface area contributed by atoms with Gasteiger partial charge in [0.2, 0.25) is 0 Å². The van der Waals surface area contributed by atoms with E-state index in [-0.39, 0.29) is 31.8 Å². The number of hydrogen-bond acceptors (Lipinski definition) is 4. The van der Waals surface area contributed by atoms with Gasteiger partial charge >= 0.3 is 17.9 Å². The standard InChI is InChI=1S/C23H43NO6.ClH/c1-24(2,3)19-20(18-22(27)28)30-23(29)17-15-13-11-9-7-5-4-6-8-10-12-14-16-21(25)26;/h20H,4-19H2,1-3H3,(H-,25,26,27,28);1H/t20-;/m1./s1/i1D3;. The summed E-state index contributed by atoms with van der Waals surface area (Å²) in [7, 11) is 2.94. The Bertz CT molecular complexity index is 588. The first-order valence-corrected chi connectivity index (χ1v) is 11.3. The fourth-order valence-corrected chi connectivity index (χ4v) is 3.41. The van der Waals surface area contributed by atoms with Gasteiger partial charge in [0, 0.05) is 12.8 Å². The van der Waals surface area contributed by atoms with Gasteiger partial charge in [-0.15, -0.1) is 0 Å². The van der Waals surface area contributed by atoms with Crippen LogP contribution in [0, 0.1) is 0 Å². The van der Waals surface area contributed by atoms with Crippen LogP contribution in [0.3, 0.4) is 0 Å². The van der Waals surface area contributed by atoms with Gasteiger partial charge in [0.25, 0.3) is 0 Å². The molecule has 7 nitrogen and oxygen atoms in total. The number of carboxylic acid groups (broad SMARTS) is 2. The van der Waals surface area contributed by atoms with Crippen molar-refractivity contribution >= 4 is 17.9 Å². The van der Waals surface area contributed by atoms with Crippen LogP contribution in [-0.2, 0) is 19.1 Å². The number of likely N-dealkylation sites (N-methyl/N-ethyl adjacent to an activating group) is 1. The predicted molar refractivity (Wildman–Crippen MR) is 117 cm³/mol. The Hall–Kier alpha value is -1.34. The van der Waals surface area contributed by atoms with Gasteiger partial charge in [0.1, 0.15) is 6.54 Å². The van der Waals surface area contributed by atoms with Crippen LogP contribution in [0.4, 0.5) is 0 Å². The number of nitrogens with zero attached hydrogens (tertiary/aromatic N) is 1. The number of halogens is 1. The first kappa shape index (κ1) is 25.9. The number of carbonyl (C=O) groups is 3. The lowest BCUT2D eigenvalue weighted by Gasteiger charge is -2.28. The van der Waals surface area contributed by atoms with Crippen molar-refractivity contribution in [1.82, 2.24) is 0 Å². The molecule has 0 heterocycles. The zero-order valence-electron chi connectivity index (χ0n) is 22.2. The molecule has 0 rings (SSSR count). The van der Waals surface area contributed by atoms with Crippen molar-refractivity contribution in [2.75, 3.05) is 27.6 Å². The molecule has 0 aromatic carbocycles. The highest BCUT2D eigenvalue weighted by Gasteiger charge is 2.24. The van der Waals surface area contributed by atoms with Gasteiger partial charge in [-0.05, 0) is 12.8 Å². The molecule has 0 saturated heterocycles. The minimum absolute atomic E-state index is 0. The second-order valence-corrected chi connectivity index (χ2v) is 8.71. The van der Waals surface area contributed by atoms with E-state index in [1.807, 2.05) is 0 Å². The van der Waals surface area contributed by atoms with Gasteiger partial charge in [-0.25, -0.2) is 0 Å². The van der Waals surface area contributed by atoms with Gasteiger partial charge in [0.15, 0.2) is 6.10 Å². The average molecular weight is 469 g/mol. The molecule has 0 aromatic heterocycles. The SMILES string of the molecule is [2H]C([2H])([2H])[N+](C)(C)C[C@@H](CC(=O)O)OC(=O)CCCCCCCCCCCCCCC(=O)O.[Cl-]. The molecule has 0 unspecified atom stereocenters. The number of quaternary nitrogens is 1. The van der Waals surface area contributed by atoms with Crippen molar-refractivity contribution in [3.8, 4) is 0 Å². The molecule has 0 aliphatic carbocycles. The van der Waals surface area contributed by atoms with Gasteiger partial charge in [0.05, 0.1) is 31.6 Å². The molecular weight excluding hydrogens is 422 g/mol. The van der Waals surface area contributed by atoms with Crippen molar-refractivity contribution < 1.29 is 50.3 Å². The van der Waals surface area contributed by atoms with Crippen LogP contribution in [0.25, 0.3) is 0 Å². The summed E-state index contributed by atoms with van der Waals surface area (Å²) in [5, 5.41) is 17.6. The molecule has 0 aliphatic heterocycles. The highest BCUT2D eigenvalue weighted by Crippen LogP contribution is 2.14. The third-order valence-corrected chi connectivity index (χ3v) is 4.88. The van der Waals surface area contributed by atoms with E-state index in [2.05, 4.69) is 0 Å². The van der Waals surface area contributed by atoms with Crippen LogP contribution in [-0.4, -0.2) is 66.3 Å². The number of carbonyl (C=O) groups excluding carboxylic acids is 1. The van der Waals surface area contributed by atoms with E-state index in [4.69, 9.17) is 19.1 Å². The molecule has 0 aromatic rings. The summed E-state index contributed by atoms with van der Waals surface area (Å²) in [6.07, 6.45) is 11.6. The van der Waals surface area contributed by atoms with Crippen LogP contribution >= 0.6 is 0 Å². The summed E-state index contributed by atoms with van der Waals surface area (Å²) in [5.41, 5.74) is 0. The zero-order valence-corrected chi connectivity index (χ0v) is 20.0. The molecule has 0 saturated carbocycles. The first-order valence-electron chi connectivity index (χ1n) is 12.8. The quantitative estimate of drug-likeness (QED) is 0.160. The maximum Gasteiger partial charge on any atom is 0.307 e. The van der Waals surface area contributed by atoms with Crippen LogP contribution < -0.4 is 12.4 Å². The summed E-state index contributed by atoms with van der Waals surface area (Å²) in [4.78, 5) is 33.6. The average Bonchev–Trinajstić information content (AvgIpc) is 2.66. The van der Waals surface area contributed by atoms with Crippen molar-refractivity contribution in [3.63, 3.8) is 0 Å². The van der Waals surface area contributed by atoms with Crippen LogP contribution in [0.2, 0.25) is 0 Å². The van der Waals surface area contributed by atoms with Crippen LogP contribution in [0.15, 0.2) is 0 Å². The maximum absolute atomic E-state index is 12.1. The number of aliphatic carboxylic acids is 2. The van der Waals surface area contributed by atoms with Crippen molar-refractivity contribution in [3.05, 3.63) is 0 Å². The highest BCUT2D eigenvalue weighted by molar-refractivity contribution is 5.71. The number of rotatable bonds is 20. The lowest BCUT2D eigenvalue weighted by molar-refractivity contribution is -0.873. The molecule has 0 aliphatic rings. The number of carboxylic acids is 2. The van der Waals surface area contributed by atoms with Gasteiger partial charge < -0.3 is 31.8 Å². The normalized spacial score (nSPS) is 13.9. The van der Waals surface area contributed by atoms with Crippen LogP contribution in [0.5, 0.6) is 0 Å². The maximum atomic E-state index is 12.1. The van der Waals surface area contributed by atoms with E-state index < -0.39 is 41.9 Å². The molecule has 0 fully saturated rings. The summed E-state index contributed by atoms with van der Waals surface area (Å²) in [6, 6.07) is 0. The van der Waals surface area contributed by atoms with E-state index in [0.29, 0.717) is 6.42 Å². The molecule has 0 spiro atoms. The van der Waals surface area contributed by atoms with Gasteiger partial charge in [-0.3, -0.25) is 14.4 Å². The number of unbranched alkanes of at least 4 members (excludes halogenated alkanes) is 11. The molecule has 1 atom stereocenters. The highest BCUT2D eigenvalue weighted by atomic mass is 35.5. The van der Waals surface area contributed by atoms with Gasteiger partial charge in [-0.2, -0.15) is 0 Å². The minimum atomic E-state index is -2.33. The second kappa shape index (κ2) is 19.4. The molecule has 2 N–H and O–H groups in total. The second-order valence-electron chi connectivity index (χ2n) is 8.71. The Kier molecular flexibility index (Phi) is 16.2. The monoisotopic (exact) mass is 468 g/mol. The van der Waals surface area contributed by atoms with E-state index in [1.54, 1.807) is 0 Å². The summed E-state index contributed by atoms with van der Waals surface area (Å²) < 4.78 is 27.6. The lowest BCUT2D eigenvalue weighted by Crippen LogP contribution is -3.00. The number of ether oxygens (including phenoxy) is 1. The Balaban J connectivity index is 0. The summed E-state index contributed by atoms with van der Waals surface area (Å²) in [5.74, 6) is -2.32. The Labute approximate surface area is 198 Å². The number of esters is 1. The summed E-state index contributed by atoms with van der Waals surface area (Å²) >= 11 is 0. The molecule has 8 heteroatoms. The largest absolute Gasteiger partial charge is 1.00 e. The molecule has 31 heavy (non-hydrogen) atoms. The molecule has 184 valence electrons. The van der Waals surface area contributed by atoms with Crippen molar-refractivity contribution in [2.45, 2.75) is 102 Å². The van der Waals surface area contributed by atoms with E-state index in [0.717, 1.165) is 51.4 Å². The smallest absolute Gasteiger partial charge is 0.307 e.